The van der Waals surface area contributed by atoms with E-state index in [1.165, 1.54) is 13.2 Å². The van der Waals surface area contributed by atoms with Crippen molar-refractivity contribution < 1.29 is 9.00 Å². The van der Waals surface area contributed by atoms with E-state index in [2.05, 4.69) is 0 Å². The van der Waals surface area contributed by atoms with Crippen LogP contribution in [0.4, 0.5) is 0 Å². The summed E-state index contributed by atoms with van der Waals surface area (Å²) in [6, 6.07) is 0. The molecule has 0 heterocycles. The maximum atomic E-state index is 10.5. The number of Topliss-reactive ketones (excluding diaryl/α,β-unsaturated/α-hetero) is 1. The van der Waals surface area contributed by atoms with Gasteiger partial charge in [-0.2, -0.15) is 0 Å². The molecule has 0 amide bonds. The Morgan fingerprint density at radius 1 is 1.62 bits per heavy atom. The van der Waals surface area contributed by atoms with Crippen LogP contribution in [0.25, 0.3) is 0 Å². The van der Waals surface area contributed by atoms with Crippen LogP contribution in [0, 0.1) is 0 Å². The summed E-state index contributed by atoms with van der Waals surface area (Å²) >= 11 is 0. The van der Waals surface area contributed by atoms with E-state index in [0.29, 0.717) is 0 Å². The van der Waals surface area contributed by atoms with Crippen molar-refractivity contribution in [1.29, 1.82) is 0 Å². The number of hydrogen-bond donors (Lipinski definition) is 0. The van der Waals surface area contributed by atoms with Crippen LogP contribution in [0.5, 0.6) is 0 Å². The number of rotatable bonds is 2. The Hall–Kier alpha value is -0.180. The van der Waals surface area contributed by atoms with Crippen molar-refractivity contribution in [2.45, 2.75) is 19.1 Å². The fraction of sp³-hybridized carbons (Fsp3) is 0.800. The molecule has 0 radical (unpaired) electrons. The lowest BCUT2D eigenvalue weighted by atomic mass is 10.3. The molecule has 8 heavy (non-hydrogen) atoms. The molecule has 0 aliphatic heterocycles. The summed E-state index contributed by atoms with van der Waals surface area (Å²) in [7, 11) is -0.990. The van der Waals surface area contributed by atoms with Gasteiger partial charge in [0.2, 0.25) is 0 Å². The van der Waals surface area contributed by atoms with Gasteiger partial charge in [-0.05, 0) is 13.8 Å². The second-order valence-corrected chi connectivity index (χ2v) is 3.46. The van der Waals surface area contributed by atoms with Gasteiger partial charge in [0.05, 0.1) is 5.25 Å². The first-order valence-electron chi connectivity index (χ1n) is 2.38. The second kappa shape index (κ2) is 2.97. The molecule has 2 nitrogen and oxygen atoms in total. The Kier molecular flexibility index (Phi) is 2.90. The zero-order valence-corrected chi connectivity index (χ0v) is 6.12. The molecule has 0 spiro atoms. The van der Waals surface area contributed by atoms with Crippen LogP contribution in [-0.4, -0.2) is 21.5 Å². The third-order valence-electron chi connectivity index (χ3n) is 1.07. The fourth-order valence-corrected chi connectivity index (χ4v) is 0.701. The van der Waals surface area contributed by atoms with Crippen LogP contribution in [0.2, 0.25) is 0 Å². The lowest BCUT2D eigenvalue weighted by Crippen LogP contribution is -2.17. The molecule has 0 aromatic carbocycles. The lowest BCUT2D eigenvalue weighted by molar-refractivity contribution is -0.116. The van der Waals surface area contributed by atoms with Crippen LogP contribution >= 0.6 is 0 Å². The zero-order valence-electron chi connectivity index (χ0n) is 5.30. The number of carbonyl (C=O) groups is 1. The summed E-state index contributed by atoms with van der Waals surface area (Å²) in [5.74, 6) is -0.00849. The molecule has 0 N–H and O–H groups in total. The molecule has 0 saturated carbocycles. The molecule has 2 unspecified atom stereocenters. The Labute approximate surface area is 51.7 Å². The van der Waals surface area contributed by atoms with E-state index in [0.717, 1.165) is 0 Å². The van der Waals surface area contributed by atoms with Crippen molar-refractivity contribution in [2.24, 2.45) is 0 Å². The van der Waals surface area contributed by atoms with Gasteiger partial charge in [-0.25, -0.2) is 0 Å². The van der Waals surface area contributed by atoms with E-state index in [-0.39, 0.29) is 11.0 Å². The summed E-state index contributed by atoms with van der Waals surface area (Å²) in [5.41, 5.74) is 0. The minimum Gasteiger partial charge on any atom is -0.299 e. The van der Waals surface area contributed by atoms with E-state index in [1.807, 2.05) is 0 Å². The standard InChI is InChI=1S/C5H10O2S/c1-4(6)5(2)8(3)7/h5H,1-3H3. The van der Waals surface area contributed by atoms with Crippen LogP contribution in [0.15, 0.2) is 0 Å². The molecule has 0 aliphatic rings. The lowest BCUT2D eigenvalue weighted by Gasteiger charge is -1.99. The Balaban J connectivity index is 3.83. The molecule has 0 fully saturated rings. The molecule has 0 aromatic rings. The van der Waals surface area contributed by atoms with E-state index in [1.54, 1.807) is 6.92 Å². The minimum absolute atomic E-state index is 0.00849. The van der Waals surface area contributed by atoms with Gasteiger partial charge >= 0.3 is 0 Å². The van der Waals surface area contributed by atoms with E-state index in [4.69, 9.17) is 0 Å². The summed E-state index contributed by atoms with van der Waals surface area (Å²) in [6.45, 7) is 3.12. The molecule has 2 atom stereocenters. The van der Waals surface area contributed by atoms with Crippen molar-refractivity contribution in [1.82, 2.24) is 0 Å². The molecule has 0 aliphatic carbocycles. The topological polar surface area (TPSA) is 34.1 Å². The smallest absolute Gasteiger partial charge is 0.145 e. The van der Waals surface area contributed by atoms with Crippen LogP contribution in [-0.2, 0) is 15.6 Å². The first-order chi connectivity index (χ1) is 3.55. The van der Waals surface area contributed by atoms with Crippen molar-refractivity contribution in [3.8, 4) is 0 Å². The third kappa shape index (κ3) is 2.21. The van der Waals surface area contributed by atoms with Gasteiger partial charge in [-0.15, -0.1) is 0 Å². The summed E-state index contributed by atoms with van der Waals surface area (Å²) in [4.78, 5) is 10.4. The van der Waals surface area contributed by atoms with Crippen LogP contribution < -0.4 is 0 Å². The Bertz CT molecular complexity index is 106. The van der Waals surface area contributed by atoms with Gasteiger partial charge in [-0.1, -0.05) is 0 Å². The van der Waals surface area contributed by atoms with Crippen molar-refractivity contribution in [3.63, 3.8) is 0 Å². The molecule has 48 valence electrons. The highest BCUT2D eigenvalue weighted by atomic mass is 32.2. The molecular formula is C5H10O2S. The second-order valence-electron chi connectivity index (χ2n) is 1.75. The van der Waals surface area contributed by atoms with E-state index in [9.17, 15) is 9.00 Å². The van der Waals surface area contributed by atoms with Crippen molar-refractivity contribution in [3.05, 3.63) is 0 Å². The first-order valence-corrected chi connectivity index (χ1v) is 4.00. The van der Waals surface area contributed by atoms with Crippen molar-refractivity contribution in [2.75, 3.05) is 6.26 Å². The molecule has 3 heteroatoms. The average Bonchev–Trinajstić information content (AvgIpc) is 1.64. The number of ketones is 1. The summed E-state index contributed by atoms with van der Waals surface area (Å²) in [6.07, 6.45) is 1.53. The normalized spacial score (nSPS) is 17.4. The largest absolute Gasteiger partial charge is 0.299 e. The number of carbonyl (C=O) groups excluding carboxylic acids is 1. The molecule has 0 aromatic heterocycles. The Morgan fingerprint density at radius 2 is 2.00 bits per heavy atom. The Morgan fingerprint density at radius 3 is 2.00 bits per heavy atom. The SMILES string of the molecule is CC(=O)C(C)S(C)=O. The highest BCUT2D eigenvalue weighted by Crippen LogP contribution is 1.91. The molecular weight excluding hydrogens is 124 g/mol. The van der Waals surface area contributed by atoms with E-state index < -0.39 is 10.8 Å². The number of hydrogen-bond acceptors (Lipinski definition) is 2. The summed E-state index contributed by atoms with van der Waals surface area (Å²) in [5, 5.41) is -0.296. The molecule has 0 bridgehead atoms. The zero-order chi connectivity index (χ0) is 6.73. The van der Waals surface area contributed by atoms with Gasteiger partial charge in [0.1, 0.15) is 5.78 Å². The maximum Gasteiger partial charge on any atom is 0.145 e. The third-order valence-corrected chi connectivity index (χ3v) is 2.40. The quantitative estimate of drug-likeness (QED) is 0.546. The van der Waals surface area contributed by atoms with Gasteiger partial charge in [0.15, 0.2) is 0 Å². The summed E-state index contributed by atoms with van der Waals surface area (Å²) < 4.78 is 10.5. The average molecular weight is 134 g/mol. The minimum atomic E-state index is -0.990. The van der Waals surface area contributed by atoms with Gasteiger partial charge < -0.3 is 0 Å². The molecule has 0 saturated heterocycles. The predicted octanol–water partition coefficient (Wildman–Crippen LogP) is 0.342. The highest BCUT2D eigenvalue weighted by molar-refractivity contribution is 7.85. The first kappa shape index (κ1) is 7.82. The predicted molar refractivity (Wildman–Crippen MR) is 34.2 cm³/mol. The van der Waals surface area contributed by atoms with Gasteiger partial charge in [0.25, 0.3) is 0 Å². The highest BCUT2D eigenvalue weighted by Gasteiger charge is 2.09. The monoisotopic (exact) mass is 134 g/mol. The maximum absolute atomic E-state index is 10.5. The van der Waals surface area contributed by atoms with Gasteiger partial charge in [-0.3, -0.25) is 9.00 Å². The van der Waals surface area contributed by atoms with Crippen molar-refractivity contribution >= 4 is 16.6 Å². The van der Waals surface area contributed by atoms with E-state index >= 15 is 0 Å². The van der Waals surface area contributed by atoms with Crippen LogP contribution in [0.3, 0.4) is 0 Å². The molecule has 0 rings (SSSR count). The van der Waals surface area contributed by atoms with Crippen LogP contribution in [0.1, 0.15) is 13.8 Å². The fourth-order valence-electron chi connectivity index (χ4n) is 0.234. The van der Waals surface area contributed by atoms with Gasteiger partial charge in [0, 0.05) is 17.1 Å².